The van der Waals surface area contributed by atoms with Crippen molar-refractivity contribution in [2.45, 2.75) is 12.8 Å². The number of rotatable bonds is 3. The fourth-order valence-corrected chi connectivity index (χ4v) is 3.28. The number of aromatic nitrogens is 1. The van der Waals surface area contributed by atoms with E-state index in [0.29, 0.717) is 0 Å². The van der Waals surface area contributed by atoms with Crippen LogP contribution in [0.2, 0.25) is 0 Å². The molecule has 2 aliphatic rings. The molecule has 1 aliphatic carbocycles. The van der Waals surface area contributed by atoms with Crippen LogP contribution < -0.4 is 4.90 Å². The predicted octanol–water partition coefficient (Wildman–Crippen LogP) is 2.69. The van der Waals surface area contributed by atoms with Crippen molar-refractivity contribution in [2.75, 3.05) is 38.3 Å². The molecule has 0 amide bonds. The van der Waals surface area contributed by atoms with E-state index in [0.717, 1.165) is 55.7 Å². The number of allylic oxidation sites excluding steroid dienone is 3. The quantitative estimate of drug-likeness (QED) is 0.851. The summed E-state index contributed by atoms with van der Waals surface area (Å²) >= 11 is 1.71. The third-order valence-electron chi connectivity index (χ3n) is 3.43. The van der Waals surface area contributed by atoms with E-state index in [4.69, 9.17) is 14.5 Å². The van der Waals surface area contributed by atoms with Gasteiger partial charge in [0.1, 0.15) is 5.76 Å². The van der Waals surface area contributed by atoms with Gasteiger partial charge >= 0.3 is 0 Å². The standard InChI is InChI=1S/C14H18N2O2S/c1-17-13-5-3-2-4-11(13)12-10-19-14(15-12)16-6-8-18-9-7-16/h3,5,10H,2,4,6-9H2,1H3. The summed E-state index contributed by atoms with van der Waals surface area (Å²) in [6.07, 6.45) is 6.27. The molecule has 1 aromatic rings. The van der Waals surface area contributed by atoms with E-state index >= 15 is 0 Å². The lowest BCUT2D eigenvalue weighted by Crippen LogP contribution is -2.36. The first-order chi connectivity index (χ1) is 9.38. The number of methoxy groups -OCH3 is 1. The van der Waals surface area contributed by atoms with Gasteiger partial charge in [0.05, 0.1) is 26.0 Å². The highest BCUT2D eigenvalue weighted by atomic mass is 32.1. The molecule has 5 heteroatoms. The molecule has 19 heavy (non-hydrogen) atoms. The third-order valence-corrected chi connectivity index (χ3v) is 4.33. The zero-order valence-electron chi connectivity index (χ0n) is 11.1. The van der Waals surface area contributed by atoms with Crippen molar-refractivity contribution < 1.29 is 9.47 Å². The van der Waals surface area contributed by atoms with E-state index < -0.39 is 0 Å². The largest absolute Gasteiger partial charge is 0.496 e. The summed E-state index contributed by atoms with van der Waals surface area (Å²) in [6, 6.07) is 0. The van der Waals surface area contributed by atoms with E-state index in [2.05, 4.69) is 16.4 Å². The molecule has 0 saturated carbocycles. The second-order valence-corrected chi connectivity index (χ2v) is 5.44. The maximum absolute atomic E-state index is 5.44. The molecular weight excluding hydrogens is 260 g/mol. The number of ether oxygens (including phenoxy) is 2. The molecule has 0 N–H and O–H groups in total. The highest BCUT2D eigenvalue weighted by molar-refractivity contribution is 7.13. The average molecular weight is 278 g/mol. The van der Waals surface area contributed by atoms with Crippen molar-refractivity contribution in [1.29, 1.82) is 0 Å². The van der Waals surface area contributed by atoms with Gasteiger partial charge in [0, 0.05) is 24.0 Å². The molecule has 2 heterocycles. The van der Waals surface area contributed by atoms with E-state index in [-0.39, 0.29) is 0 Å². The average Bonchev–Trinajstić information content (AvgIpc) is 2.98. The minimum Gasteiger partial charge on any atom is -0.496 e. The van der Waals surface area contributed by atoms with Gasteiger partial charge in [0.2, 0.25) is 0 Å². The lowest BCUT2D eigenvalue weighted by atomic mass is 10.0. The zero-order chi connectivity index (χ0) is 13.1. The van der Waals surface area contributed by atoms with Crippen LogP contribution in [0.25, 0.3) is 5.57 Å². The van der Waals surface area contributed by atoms with Crippen LogP contribution >= 0.6 is 11.3 Å². The van der Waals surface area contributed by atoms with Crippen LogP contribution in [0.1, 0.15) is 18.5 Å². The lowest BCUT2D eigenvalue weighted by molar-refractivity contribution is 0.122. The van der Waals surface area contributed by atoms with E-state index in [1.165, 1.54) is 5.57 Å². The molecule has 0 radical (unpaired) electrons. The second kappa shape index (κ2) is 5.75. The normalized spacial score (nSPS) is 19.9. The Morgan fingerprint density at radius 3 is 3.00 bits per heavy atom. The molecule has 0 aromatic carbocycles. The first-order valence-corrected chi connectivity index (χ1v) is 7.48. The van der Waals surface area contributed by atoms with Crippen molar-refractivity contribution in [3.05, 3.63) is 29.0 Å². The Labute approximate surface area is 117 Å². The molecule has 1 aliphatic heterocycles. The number of hydrogen-bond donors (Lipinski definition) is 0. The summed E-state index contributed by atoms with van der Waals surface area (Å²) in [5.41, 5.74) is 2.29. The molecule has 102 valence electrons. The lowest BCUT2D eigenvalue weighted by Gasteiger charge is -2.26. The van der Waals surface area contributed by atoms with E-state index in [1.54, 1.807) is 18.4 Å². The maximum Gasteiger partial charge on any atom is 0.186 e. The van der Waals surface area contributed by atoms with Crippen molar-refractivity contribution >= 4 is 22.0 Å². The highest BCUT2D eigenvalue weighted by Gasteiger charge is 2.18. The molecule has 4 nitrogen and oxygen atoms in total. The first kappa shape index (κ1) is 12.7. The van der Waals surface area contributed by atoms with Gasteiger partial charge in [-0.05, 0) is 18.9 Å². The molecular formula is C14H18N2O2S. The topological polar surface area (TPSA) is 34.6 Å². The summed E-state index contributed by atoms with van der Waals surface area (Å²) in [5.74, 6) is 0.949. The third kappa shape index (κ3) is 2.67. The fraction of sp³-hybridized carbons (Fsp3) is 0.500. The second-order valence-electron chi connectivity index (χ2n) is 4.60. The van der Waals surface area contributed by atoms with Crippen molar-refractivity contribution in [3.63, 3.8) is 0 Å². The highest BCUT2D eigenvalue weighted by Crippen LogP contribution is 2.32. The van der Waals surface area contributed by atoms with Gasteiger partial charge in [-0.25, -0.2) is 4.98 Å². The van der Waals surface area contributed by atoms with Crippen LogP contribution in [0.4, 0.5) is 5.13 Å². The van der Waals surface area contributed by atoms with Crippen molar-refractivity contribution in [2.24, 2.45) is 0 Å². The summed E-state index contributed by atoms with van der Waals surface area (Å²) in [5, 5.41) is 3.23. The van der Waals surface area contributed by atoms with Crippen LogP contribution in [0.3, 0.4) is 0 Å². The minimum atomic E-state index is 0.795. The van der Waals surface area contributed by atoms with Crippen LogP contribution in [0.15, 0.2) is 23.3 Å². The Hall–Kier alpha value is -1.33. The molecule has 0 atom stereocenters. The molecule has 1 aromatic heterocycles. The molecule has 0 bridgehead atoms. The van der Waals surface area contributed by atoms with Gasteiger partial charge in [-0.1, -0.05) is 6.08 Å². The Morgan fingerprint density at radius 2 is 2.21 bits per heavy atom. The maximum atomic E-state index is 5.44. The van der Waals surface area contributed by atoms with Gasteiger partial charge in [-0.3, -0.25) is 0 Å². The Bertz CT molecular complexity index is 501. The van der Waals surface area contributed by atoms with Crippen LogP contribution in [0, 0.1) is 0 Å². The molecule has 0 spiro atoms. The Morgan fingerprint density at radius 1 is 1.37 bits per heavy atom. The fourth-order valence-electron chi connectivity index (χ4n) is 2.39. The Kier molecular flexibility index (Phi) is 3.84. The Balaban J connectivity index is 1.84. The summed E-state index contributed by atoms with van der Waals surface area (Å²) in [7, 11) is 1.72. The molecule has 1 saturated heterocycles. The predicted molar refractivity (Wildman–Crippen MR) is 77.4 cm³/mol. The number of hydrogen-bond acceptors (Lipinski definition) is 5. The monoisotopic (exact) mass is 278 g/mol. The molecule has 1 fully saturated rings. The summed E-state index contributed by atoms with van der Waals surface area (Å²) < 4.78 is 10.8. The van der Waals surface area contributed by atoms with Crippen LogP contribution in [-0.2, 0) is 9.47 Å². The van der Waals surface area contributed by atoms with E-state index in [9.17, 15) is 0 Å². The van der Waals surface area contributed by atoms with E-state index in [1.807, 2.05) is 6.08 Å². The number of thiazole rings is 1. The smallest absolute Gasteiger partial charge is 0.186 e. The summed E-state index contributed by atoms with van der Waals surface area (Å²) in [6.45, 7) is 3.46. The minimum absolute atomic E-state index is 0.795. The van der Waals surface area contributed by atoms with Crippen LogP contribution in [0.5, 0.6) is 0 Å². The van der Waals surface area contributed by atoms with Crippen molar-refractivity contribution in [1.82, 2.24) is 4.98 Å². The van der Waals surface area contributed by atoms with Gasteiger partial charge in [0.25, 0.3) is 0 Å². The molecule has 0 unspecified atom stereocenters. The van der Waals surface area contributed by atoms with Crippen LogP contribution in [-0.4, -0.2) is 38.4 Å². The van der Waals surface area contributed by atoms with Gasteiger partial charge in [0.15, 0.2) is 5.13 Å². The number of anilines is 1. The zero-order valence-corrected chi connectivity index (χ0v) is 11.9. The van der Waals surface area contributed by atoms with Gasteiger partial charge in [-0.15, -0.1) is 11.3 Å². The van der Waals surface area contributed by atoms with Gasteiger partial charge in [-0.2, -0.15) is 0 Å². The first-order valence-electron chi connectivity index (χ1n) is 6.61. The molecule has 3 rings (SSSR count). The number of morpholine rings is 1. The number of nitrogens with zero attached hydrogens (tertiary/aromatic N) is 2. The van der Waals surface area contributed by atoms with Gasteiger partial charge < -0.3 is 14.4 Å². The van der Waals surface area contributed by atoms with Crippen molar-refractivity contribution in [3.8, 4) is 0 Å². The summed E-state index contributed by atoms with van der Waals surface area (Å²) in [4.78, 5) is 7.07. The SMILES string of the molecule is COC1=C(c2csc(N3CCOCC3)n2)CCC=C1.